The zero-order valence-corrected chi connectivity index (χ0v) is 25.4. The molecule has 0 aliphatic carbocycles. The Kier molecular flexibility index (Phi) is 10.3. The van der Waals surface area contributed by atoms with Gasteiger partial charge in [0.1, 0.15) is 5.82 Å². The largest absolute Gasteiger partial charge is 0.494 e. The Bertz CT molecular complexity index is 1640. The van der Waals surface area contributed by atoms with Gasteiger partial charge in [0.15, 0.2) is 29.0 Å². The van der Waals surface area contributed by atoms with Gasteiger partial charge in [-0.2, -0.15) is 4.39 Å². The van der Waals surface area contributed by atoms with Crippen LogP contribution in [0.2, 0.25) is 0 Å². The molecule has 2 aromatic carbocycles. The average Bonchev–Trinajstić information content (AvgIpc) is 3.40. The molecule has 2 heterocycles. The second-order valence-electron chi connectivity index (χ2n) is 10.2. The maximum absolute atomic E-state index is 15.1. The molecule has 0 atom stereocenters. The summed E-state index contributed by atoms with van der Waals surface area (Å²) in [6.07, 6.45) is 4.38. The van der Waals surface area contributed by atoms with Crippen molar-refractivity contribution in [1.82, 2.24) is 29.5 Å². The standard InChI is InChI=1S/C30H35F3N8O3/c1-18-15-19(16-21(31)24(18)29(42)35-10-13-44-14-11-36-30(39(2)3)40(4)5)38-27-28-37-17-22(41(28)12-9-34-27)20-7-8-23(43-6)26(33)25(20)32/h7-9,12,15-17H,10-11,13-14H2,1-6H3,(H,34,38)(H,35,42). The first-order chi connectivity index (χ1) is 21.0. The summed E-state index contributed by atoms with van der Waals surface area (Å²) < 4.78 is 56.2. The third kappa shape index (κ3) is 7.02. The van der Waals surface area contributed by atoms with Crippen LogP contribution in [-0.2, 0) is 4.74 Å². The van der Waals surface area contributed by atoms with E-state index < -0.39 is 23.4 Å². The van der Waals surface area contributed by atoms with Crippen molar-refractivity contribution in [1.29, 1.82) is 0 Å². The molecule has 4 rings (SSSR count). The Morgan fingerprint density at radius 2 is 1.80 bits per heavy atom. The number of hydrogen-bond donors (Lipinski definition) is 2. The van der Waals surface area contributed by atoms with Crippen LogP contribution in [0.4, 0.5) is 24.7 Å². The lowest BCUT2D eigenvalue weighted by Crippen LogP contribution is -2.35. The molecule has 1 amide bonds. The van der Waals surface area contributed by atoms with Gasteiger partial charge in [0.25, 0.3) is 5.91 Å². The van der Waals surface area contributed by atoms with Crippen molar-refractivity contribution in [3.05, 3.63) is 71.4 Å². The predicted octanol–water partition coefficient (Wildman–Crippen LogP) is 4.10. The fourth-order valence-corrected chi connectivity index (χ4v) is 4.65. The molecule has 0 aliphatic heterocycles. The van der Waals surface area contributed by atoms with Crippen molar-refractivity contribution >= 4 is 29.0 Å². The van der Waals surface area contributed by atoms with Crippen LogP contribution in [-0.4, -0.2) is 97.6 Å². The first-order valence-corrected chi connectivity index (χ1v) is 13.7. The van der Waals surface area contributed by atoms with Crippen LogP contribution in [0.3, 0.4) is 0 Å². The molecule has 11 nitrogen and oxygen atoms in total. The number of hydrogen-bond acceptors (Lipinski definition) is 7. The van der Waals surface area contributed by atoms with Crippen LogP contribution in [0.1, 0.15) is 15.9 Å². The molecule has 0 unspecified atom stereocenters. The van der Waals surface area contributed by atoms with Gasteiger partial charge in [-0.15, -0.1) is 0 Å². The number of ether oxygens (including phenoxy) is 2. The van der Waals surface area contributed by atoms with Crippen LogP contribution in [0.15, 0.2) is 47.8 Å². The number of halogens is 3. The highest BCUT2D eigenvalue weighted by Gasteiger charge is 2.20. The van der Waals surface area contributed by atoms with Crippen molar-refractivity contribution in [2.75, 3.05) is 66.9 Å². The number of imidazole rings is 1. The molecule has 234 valence electrons. The summed E-state index contributed by atoms with van der Waals surface area (Å²) >= 11 is 0. The Balaban J connectivity index is 1.41. The van der Waals surface area contributed by atoms with Crippen molar-refractivity contribution < 1.29 is 27.4 Å². The highest BCUT2D eigenvalue weighted by atomic mass is 19.2. The highest BCUT2D eigenvalue weighted by Crippen LogP contribution is 2.32. The summed E-state index contributed by atoms with van der Waals surface area (Å²) in [7, 11) is 8.87. The fourth-order valence-electron chi connectivity index (χ4n) is 4.65. The fraction of sp³-hybridized carbons (Fsp3) is 0.333. The van der Waals surface area contributed by atoms with Crippen LogP contribution in [0.25, 0.3) is 16.9 Å². The van der Waals surface area contributed by atoms with Gasteiger partial charge in [-0.25, -0.2) is 18.7 Å². The first-order valence-electron chi connectivity index (χ1n) is 13.7. The van der Waals surface area contributed by atoms with E-state index in [1.54, 1.807) is 19.2 Å². The number of nitrogens with one attached hydrogen (secondary N) is 2. The molecule has 0 spiro atoms. The number of aryl methyl sites for hydroxylation is 1. The van der Waals surface area contributed by atoms with Crippen LogP contribution in [0.5, 0.6) is 5.75 Å². The number of benzene rings is 2. The lowest BCUT2D eigenvalue weighted by atomic mass is 10.1. The van der Waals surface area contributed by atoms with Crippen LogP contribution >= 0.6 is 0 Å². The zero-order valence-electron chi connectivity index (χ0n) is 25.4. The molecule has 0 saturated heterocycles. The van der Waals surface area contributed by atoms with Gasteiger partial charge in [-0.1, -0.05) is 0 Å². The Labute approximate surface area is 253 Å². The molecule has 0 radical (unpaired) electrons. The number of carbonyl (C=O) groups is 1. The third-order valence-electron chi connectivity index (χ3n) is 6.57. The van der Waals surface area contributed by atoms with Crippen LogP contribution < -0.4 is 15.4 Å². The normalized spacial score (nSPS) is 10.9. The van der Waals surface area contributed by atoms with Crippen LogP contribution in [0, 0.1) is 24.4 Å². The molecule has 0 bridgehead atoms. The maximum Gasteiger partial charge on any atom is 0.254 e. The van der Waals surface area contributed by atoms with Gasteiger partial charge in [-0.05, 0) is 36.8 Å². The molecule has 2 N–H and O–H groups in total. The molecule has 44 heavy (non-hydrogen) atoms. The van der Waals surface area contributed by atoms with Gasteiger partial charge in [0, 0.05) is 58.4 Å². The maximum atomic E-state index is 15.1. The summed E-state index contributed by atoms with van der Waals surface area (Å²) in [6.45, 7) is 2.90. The summed E-state index contributed by atoms with van der Waals surface area (Å²) in [4.78, 5) is 29.6. The molecular formula is C30H35F3N8O3. The number of rotatable bonds is 11. The third-order valence-corrected chi connectivity index (χ3v) is 6.57. The van der Waals surface area contributed by atoms with E-state index in [9.17, 15) is 13.6 Å². The van der Waals surface area contributed by atoms with Crippen molar-refractivity contribution in [3.63, 3.8) is 0 Å². The number of carbonyl (C=O) groups excluding carboxylic acids is 1. The average molecular weight is 613 g/mol. The highest BCUT2D eigenvalue weighted by molar-refractivity contribution is 5.96. The smallest absolute Gasteiger partial charge is 0.254 e. The predicted molar refractivity (Wildman–Crippen MR) is 162 cm³/mol. The molecule has 0 fully saturated rings. The number of amides is 1. The van der Waals surface area contributed by atoms with E-state index in [0.29, 0.717) is 30.0 Å². The summed E-state index contributed by atoms with van der Waals surface area (Å²) in [5, 5.41) is 5.68. The Hall–Kier alpha value is -4.85. The number of methoxy groups -OCH3 is 1. The summed E-state index contributed by atoms with van der Waals surface area (Å²) in [5.41, 5.74) is 1.18. The number of guanidine groups is 1. The molecule has 4 aromatic rings. The molecular weight excluding hydrogens is 577 g/mol. The van der Waals surface area contributed by atoms with E-state index >= 15 is 4.39 Å². The zero-order chi connectivity index (χ0) is 32.0. The molecule has 2 aromatic heterocycles. The molecule has 0 saturated carbocycles. The van der Waals surface area contributed by atoms with E-state index in [1.807, 2.05) is 38.0 Å². The van der Waals surface area contributed by atoms with Gasteiger partial charge in [-0.3, -0.25) is 14.2 Å². The van der Waals surface area contributed by atoms with E-state index in [4.69, 9.17) is 9.47 Å². The summed E-state index contributed by atoms with van der Waals surface area (Å²) in [5.74, 6) is -2.65. The monoisotopic (exact) mass is 612 g/mol. The van der Waals surface area contributed by atoms with E-state index in [-0.39, 0.29) is 41.5 Å². The minimum atomic E-state index is -1.11. The minimum absolute atomic E-state index is 0.0214. The Morgan fingerprint density at radius 1 is 1.05 bits per heavy atom. The molecule has 0 aliphatic rings. The van der Waals surface area contributed by atoms with Crippen molar-refractivity contribution in [2.24, 2.45) is 4.99 Å². The van der Waals surface area contributed by atoms with E-state index in [0.717, 1.165) is 5.96 Å². The second-order valence-corrected chi connectivity index (χ2v) is 10.2. The Morgan fingerprint density at radius 3 is 2.48 bits per heavy atom. The summed E-state index contributed by atoms with van der Waals surface area (Å²) in [6, 6.07) is 5.50. The quantitative estimate of drug-likeness (QED) is 0.148. The minimum Gasteiger partial charge on any atom is -0.494 e. The second kappa shape index (κ2) is 14.1. The van der Waals surface area contributed by atoms with Gasteiger partial charge in [0.2, 0.25) is 5.82 Å². The number of nitrogens with zero attached hydrogens (tertiary/aromatic N) is 6. The number of anilines is 2. The van der Waals surface area contributed by atoms with Gasteiger partial charge < -0.3 is 29.9 Å². The SMILES string of the molecule is COc1ccc(-c2cnc3c(Nc4cc(C)c(C(=O)NCCOCCN=C(N(C)C)N(C)C)c(F)c4)nccn23)c(F)c1F. The van der Waals surface area contributed by atoms with Gasteiger partial charge in [0.05, 0.1) is 44.3 Å². The number of aliphatic imine (C=N–C) groups is 1. The number of aromatic nitrogens is 3. The lowest BCUT2D eigenvalue weighted by molar-refractivity contribution is 0.0915. The lowest BCUT2D eigenvalue weighted by Gasteiger charge is -2.22. The first kappa shape index (κ1) is 32.1. The molecule has 14 heteroatoms. The van der Waals surface area contributed by atoms with Gasteiger partial charge >= 0.3 is 0 Å². The van der Waals surface area contributed by atoms with Crippen molar-refractivity contribution in [2.45, 2.75) is 6.92 Å². The topological polar surface area (TPSA) is 109 Å². The van der Waals surface area contributed by atoms with E-state index in [1.165, 1.54) is 42.1 Å². The van der Waals surface area contributed by atoms with Crippen molar-refractivity contribution in [3.8, 4) is 17.0 Å². The van der Waals surface area contributed by atoms with E-state index in [2.05, 4.69) is 25.6 Å². The number of fused-ring (bicyclic) bond motifs is 1.